The number of anilines is 1. The summed E-state index contributed by atoms with van der Waals surface area (Å²) >= 11 is 0. The van der Waals surface area contributed by atoms with Gasteiger partial charge in [0.15, 0.2) is 0 Å². The molecule has 2 amide bonds. The smallest absolute Gasteiger partial charge is 0.256 e. The SMILES string of the molecule is CCN(Cc1ccccc1)C(=O)c1ccccc1NC(=O)c1ccccc1. The molecule has 0 aromatic heterocycles. The van der Waals surface area contributed by atoms with Crippen LogP contribution < -0.4 is 5.32 Å². The topological polar surface area (TPSA) is 49.4 Å². The lowest BCUT2D eigenvalue weighted by atomic mass is 10.1. The zero-order chi connectivity index (χ0) is 19.1. The molecule has 4 heteroatoms. The molecule has 0 spiro atoms. The number of nitrogens with zero attached hydrogens (tertiary/aromatic N) is 1. The third-order valence-electron chi connectivity index (χ3n) is 4.33. The lowest BCUT2D eigenvalue weighted by molar-refractivity contribution is 0.0753. The zero-order valence-electron chi connectivity index (χ0n) is 15.3. The third-order valence-corrected chi connectivity index (χ3v) is 4.33. The van der Waals surface area contributed by atoms with Crippen molar-refractivity contribution in [3.63, 3.8) is 0 Å². The highest BCUT2D eigenvalue weighted by molar-refractivity contribution is 6.08. The quantitative estimate of drug-likeness (QED) is 0.700. The van der Waals surface area contributed by atoms with Crippen LogP contribution in [0.5, 0.6) is 0 Å². The van der Waals surface area contributed by atoms with E-state index in [0.29, 0.717) is 29.9 Å². The van der Waals surface area contributed by atoms with E-state index in [1.807, 2.05) is 67.6 Å². The molecule has 0 atom stereocenters. The van der Waals surface area contributed by atoms with Gasteiger partial charge in [0.2, 0.25) is 0 Å². The van der Waals surface area contributed by atoms with E-state index < -0.39 is 0 Å². The Labute approximate surface area is 159 Å². The summed E-state index contributed by atoms with van der Waals surface area (Å²) < 4.78 is 0. The molecule has 3 rings (SSSR count). The van der Waals surface area contributed by atoms with Crippen molar-refractivity contribution in [2.75, 3.05) is 11.9 Å². The van der Waals surface area contributed by atoms with Crippen molar-refractivity contribution in [1.82, 2.24) is 4.90 Å². The Morgan fingerprint density at radius 2 is 1.41 bits per heavy atom. The van der Waals surface area contributed by atoms with Crippen LogP contribution in [0.25, 0.3) is 0 Å². The summed E-state index contributed by atoms with van der Waals surface area (Å²) in [7, 11) is 0. The van der Waals surface area contributed by atoms with Gasteiger partial charge in [0.1, 0.15) is 0 Å². The molecule has 4 nitrogen and oxygen atoms in total. The highest BCUT2D eigenvalue weighted by Crippen LogP contribution is 2.19. The Morgan fingerprint density at radius 1 is 0.815 bits per heavy atom. The maximum absolute atomic E-state index is 13.1. The summed E-state index contributed by atoms with van der Waals surface area (Å²) in [6.45, 7) is 3.05. The maximum atomic E-state index is 13.1. The summed E-state index contributed by atoms with van der Waals surface area (Å²) in [6.07, 6.45) is 0. The van der Waals surface area contributed by atoms with Gasteiger partial charge in [-0.25, -0.2) is 0 Å². The van der Waals surface area contributed by atoms with Crippen LogP contribution in [0.15, 0.2) is 84.9 Å². The molecule has 0 heterocycles. The summed E-state index contributed by atoms with van der Waals surface area (Å²) in [4.78, 5) is 27.3. The number of hydrogen-bond donors (Lipinski definition) is 1. The second-order valence-corrected chi connectivity index (χ2v) is 6.17. The molecule has 0 aliphatic heterocycles. The van der Waals surface area contributed by atoms with Gasteiger partial charge in [-0.15, -0.1) is 0 Å². The number of carbonyl (C=O) groups is 2. The Balaban J connectivity index is 1.81. The van der Waals surface area contributed by atoms with Crippen molar-refractivity contribution in [3.05, 3.63) is 102 Å². The molecule has 0 bridgehead atoms. The van der Waals surface area contributed by atoms with Crippen LogP contribution in [0, 0.1) is 0 Å². The molecule has 0 fully saturated rings. The molecule has 3 aromatic carbocycles. The van der Waals surface area contributed by atoms with Crippen LogP contribution in [0.3, 0.4) is 0 Å². The highest BCUT2D eigenvalue weighted by atomic mass is 16.2. The summed E-state index contributed by atoms with van der Waals surface area (Å²) in [6, 6.07) is 26.0. The fraction of sp³-hybridized carbons (Fsp3) is 0.130. The minimum absolute atomic E-state index is 0.106. The standard InChI is InChI=1S/C23H22N2O2/c1-2-25(17-18-11-5-3-6-12-18)23(27)20-15-9-10-16-21(20)24-22(26)19-13-7-4-8-14-19/h3-16H,2,17H2,1H3,(H,24,26). The first-order chi connectivity index (χ1) is 13.2. The first-order valence-electron chi connectivity index (χ1n) is 8.97. The number of nitrogens with one attached hydrogen (secondary N) is 1. The minimum atomic E-state index is -0.234. The van der Waals surface area contributed by atoms with E-state index in [0.717, 1.165) is 5.56 Å². The monoisotopic (exact) mass is 358 g/mol. The average Bonchev–Trinajstić information content (AvgIpc) is 2.73. The predicted molar refractivity (Wildman–Crippen MR) is 108 cm³/mol. The molecule has 0 unspecified atom stereocenters. The molecule has 0 aliphatic carbocycles. The van der Waals surface area contributed by atoms with Crippen LogP contribution in [0.2, 0.25) is 0 Å². The van der Waals surface area contributed by atoms with Gasteiger partial charge in [-0.2, -0.15) is 0 Å². The van der Waals surface area contributed by atoms with Crippen LogP contribution in [0.1, 0.15) is 33.2 Å². The Morgan fingerprint density at radius 3 is 2.07 bits per heavy atom. The normalized spacial score (nSPS) is 10.3. The van der Waals surface area contributed by atoms with Crippen molar-refractivity contribution in [2.24, 2.45) is 0 Å². The van der Waals surface area contributed by atoms with Gasteiger partial charge in [0.05, 0.1) is 11.3 Å². The van der Waals surface area contributed by atoms with E-state index >= 15 is 0 Å². The lowest BCUT2D eigenvalue weighted by Crippen LogP contribution is -2.31. The minimum Gasteiger partial charge on any atom is -0.335 e. The first-order valence-corrected chi connectivity index (χ1v) is 8.97. The number of hydrogen-bond acceptors (Lipinski definition) is 2. The fourth-order valence-electron chi connectivity index (χ4n) is 2.86. The maximum Gasteiger partial charge on any atom is 0.256 e. The van der Waals surface area contributed by atoms with Crippen LogP contribution in [-0.2, 0) is 6.54 Å². The number of carbonyl (C=O) groups excluding carboxylic acids is 2. The molecular weight excluding hydrogens is 336 g/mol. The number of benzene rings is 3. The van der Waals surface area contributed by atoms with E-state index in [1.54, 1.807) is 29.2 Å². The molecule has 0 aliphatic rings. The van der Waals surface area contributed by atoms with Gasteiger partial charge in [0.25, 0.3) is 11.8 Å². The average molecular weight is 358 g/mol. The van der Waals surface area contributed by atoms with Crippen molar-refractivity contribution in [1.29, 1.82) is 0 Å². The summed E-state index contributed by atoms with van der Waals surface area (Å²) in [5.74, 6) is -0.340. The summed E-state index contributed by atoms with van der Waals surface area (Å²) in [5.41, 5.74) is 2.62. The summed E-state index contributed by atoms with van der Waals surface area (Å²) in [5, 5.41) is 2.86. The zero-order valence-corrected chi connectivity index (χ0v) is 15.3. The predicted octanol–water partition coefficient (Wildman–Crippen LogP) is 4.60. The van der Waals surface area contributed by atoms with E-state index in [9.17, 15) is 9.59 Å². The number of amides is 2. The first kappa shape index (κ1) is 18.4. The van der Waals surface area contributed by atoms with Gasteiger partial charge in [-0.05, 0) is 36.8 Å². The molecule has 0 radical (unpaired) electrons. The van der Waals surface area contributed by atoms with Crippen molar-refractivity contribution >= 4 is 17.5 Å². The Hall–Kier alpha value is -3.40. The van der Waals surface area contributed by atoms with Crippen molar-refractivity contribution in [3.8, 4) is 0 Å². The van der Waals surface area contributed by atoms with Gasteiger partial charge in [-0.1, -0.05) is 60.7 Å². The van der Waals surface area contributed by atoms with Crippen LogP contribution in [0.4, 0.5) is 5.69 Å². The largest absolute Gasteiger partial charge is 0.335 e. The van der Waals surface area contributed by atoms with Gasteiger partial charge in [0, 0.05) is 18.7 Å². The Kier molecular flexibility index (Phi) is 6.00. The molecular formula is C23H22N2O2. The van der Waals surface area contributed by atoms with Crippen LogP contribution >= 0.6 is 0 Å². The molecule has 3 aromatic rings. The number of para-hydroxylation sites is 1. The molecule has 0 saturated carbocycles. The molecule has 136 valence electrons. The third kappa shape index (κ3) is 4.61. The van der Waals surface area contributed by atoms with Gasteiger partial charge in [-0.3, -0.25) is 9.59 Å². The molecule has 27 heavy (non-hydrogen) atoms. The van der Waals surface area contributed by atoms with Crippen LogP contribution in [-0.4, -0.2) is 23.3 Å². The number of rotatable bonds is 6. The second kappa shape index (κ2) is 8.81. The molecule has 0 saturated heterocycles. The lowest BCUT2D eigenvalue weighted by Gasteiger charge is -2.22. The highest BCUT2D eigenvalue weighted by Gasteiger charge is 2.19. The van der Waals surface area contributed by atoms with Crippen molar-refractivity contribution in [2.45, 2.75) is 13.5 Å². The van der Waals surface area contributed by atoms with E-state index in [-0.39, 0.29) is 11.8 Å². The van der Waals surface area contributed by atoms with Gasteiger partial charge >= 0.3 is 0 Å². The van der Waals surface area contributed by atoms with E-state index in [2.05, 4.69) is 5.32 Å². The van der Waals surface area contributed by atoms with Gasteiger partial charge < -0.3 is 10.2 Å². The second-order valence-electron chi connectivity index (χ2n) is 6.17. The van der Waals surface area contributed by atoms with E-state index in [1.165, 1.54) is 0 Å². The fourth-order valence-corrected chi connectivity index (χ4v) is 2.86. The Bertz CT molecular complexity index is 908. The van der Waals surface area contributed by atoms with Crippen molar-refractivity contribution < 1.29 is 9.59 Å². The van der Waals surface area contributed by atoms with E-state index in [4.69, 9.17) is 0 Å². The molecule has 1 N–H and O–H groups in total.